The monoisotopic (exact) mass is 236 g/mol. The number of nitrogens with zero attached hydrogens (tertiary/aromatic N) is 3. The van der Waals surface area contributed by atoms with Crippen LogP contribution in [0.15, 0.2) is 0 Å². The van der Waals surface area contributed by atoms with Crippen LogP contribution in [0.4, 0.5) is 0 Å². The summed E-state index contributed by atoms with van der Waals surface area (Å²) in [5.74, 6) is 0. The summed E-state index contributed by atoms with van der Waals surface area (Å²) in [7, 11) is 2.24. The van der Waals surface area contributed by atoms with Gasteiger partial charge in [-0.2, -0.15) is 5.26 Å². The smallest absolute Gasteiger partial charge is 0.110 e. The molecule has 0 bridgehead atoms. The summed E-state index contributed by atoms with van der Waals surface area (Å²) in [6.45, 7) is 5.20. The lowest BCUT2D eigenvalue weighted by Crippen LogP contribution is -2.51. The van der Waals surface area contributed by atoms with E-state index in [1.165, 1.54) is 32.2 Å². The summed E-state index contributed by atoms with van der Waals surface area (Å²) in [5.41, 5.74) is 0. The van der Waals surface area contributed by atoms with Crippen LogP contribution >= 0.6 is 0 Å². The Morgan fingerprint density at radius 1 is 1.35 bits per heavy atom. The number of rotatable bonds is 3. The van der Waals surface area contributed by atoms with Gasteiger partial charge >= 0.3 is 0 Å². The Kier molecular flexibility index (Phi) is 4.78. The van der Waals surface area contributed by atoms with Gasteiger partial charge in [0.1, 0.15) is 6.04 Å². The van der Waals surface area contributed by atoms with Crippen LogP contribution in [0.2, 0.25) is 0 Å². The van der Waals surface area contributed by atoms with Crippen LogP contribution in [-0.2, 0) is 0 Å². The lowest BCUT2D eigenvalue weighted by Gasteiger charge is -2.36. The van der Waals surface area contributed by atoms with E-state index in [-0.39, 0.29) is 6.04 Å². The molecular weight excluding hydrogens is 212 g/mol. The maximum absolute atomic E-state index is 9.11. The molecule has 2 saturated heterocycles. The van der Waals surface area contributed by atoms with Crippen molar-refractivity contribution >= 4 is 0 Å². The van der Waals surface area contributed by atoms with Gasteiger partial charge in [-0.25, -0.2) is 0 Å². The Labute approximate surface area is 105 Å². The molecule has 2 fully saturated rings. The van der Waals surface area contributed by atoms with E-state index >= 15 is 0 Å². The zero-order chi connectivity index (χ0) is 12.1. The van der Waals surface area contributed by atoms with Gasteiger partial charge in [-0.15, -0.1) is 0 Å². The minimum atomic E-state index is 0.0812. The maximum atomic E-state index is 9.11. The molecule has 2 atom stereocenters. The average molecular weight is 236 g/mol. The van der Waals surface area contributed by atoms with Gasteiger partial charge in [-0.1, -0.05) is 6.42 Å². The van der Waals surface area contributed by atoms with Crippen LogP contribution in [0, 0.1) is 11.3 Å². The molecule has 2 unspecified atom stereocenters. The number of nitrogens with one attached hydrogen (secondary N) is 1. The fraction of sp³-hybridized carbons (Fsp3) is 0.923. The van der Waals surface area contributed by atoms with Gasteiger partial charge in [0.25, 0.3) is 0 Å². The summed E-state index contributed by atoms with van der Waals surface area (Å²) in [5, 5.41) is 12.4. The van der Waals surface area contributed by atoms with Crippen molar-refractivity contribution in [1.29, 1.82) is 5.26 Å². The minimum Gasteiger partial charge on any atom is -0.313 e. The SMILES string of the molecule is CN1CCCCC1CCN1CCNCC1C#N. The highest BCUT2D eigenvalue weighted by atomic mass is 15.2. The summed E-state index contributed by atoms with van der Waals surface area (Å²) in [6, 6.07) is 3.22. The van der Waals surface area contributed by atoms with E-state index < -0.39 is 0 Å². The highest BCUT2D eigenvalue weighted by Crippen LogP contribution is 2.18. The first-order chi connectivity index (χ1) is 8.31. The molecule has 96 valence electrons. The van der Waals surface area contributed by atoms with E-state index in [0.717, 1.165) is 32.2 Å². The molecular formula is C13H24N4. The molecule has 0 aromatic heterocycles. The molecule has 1 N–H and O–H groups in total. The standard InChI is InChI=1S/C13H24N4/c1-16-7-3-2-4-12(16)5-8-17-9-6-15-11-13(17)10-14/h12-13,15H,2-9,11H2,1H3. The lowest BCUT2D eigenvalue weighted by atomic mass is 9.99. The largest absolute Gasteiger partial charge is 0.313 e. The van der Waals surface area contributed by atoms with Crippen LogP contribution in [0.5, 0.6) is 0 Å². The Balaban J connectivity index is 1.78. The predicted molar refractivity (Wildman–Crippen MR) is 68.7 cm³/mol. The number of likely N-dealkylation sites (tertiary alicyclic amines) is 1. The van der Waals surface area contributed by atoms with Crippen molar-refractivity contribution < 1.29 is 0 Å². The third-order valence-electron chi connectivity index (χ3n) is 4.17. The molecule has 4 nitrogen and oxygen atoms in total. The summed E-state index contributed by atoms with van der Waals surface area (Å²) >= 11 is 0. The van der Waals surface area contributed by atoms with Crippen molar-refractivity contribution in [3.8, 4) is 6.07 Å². The van der Waals surface area contributed by atoms with Crippen LogP contribution < -0.4 is 5.32 Å². The molecule has 0 amide bonds. The number of nitriles is 1. The van der Waals surface area contributed by atoms with Gasteiger partial charge in [0.05, 0.1) is 6.07 Å². The van der Waals surface area contributed by atoms with Crippen molar-refractivity contribution in [2.24, 2.45) is 0 Å². The quantitative estimate of drug-likeness (QED) is 0.781. The average Bonchev–Trinajstić information content (AvgIpc) is 2.38. The Bertz CT molecular complexity index is 273. The molecule has 17 heavy (non-hydrogen) atoms. The number of hydrogen-bond acceptors (Lipinski definition) is 4. The molecule has 0 aliphatic carbocycles. The fourth-order valence-electron chi connectivity index (χ4n) is 2.97. The van der Waals surface area contributed by atoms with Crippen LogP contribution in [0.1, 0.15) is 25.7 Å². The van der Waals surface area contributed by atoms with Crippen LogP contribution in [0.3, 0.4) is 0 Å². The van der Waals surface area contributed by atoms with Gasteiger partial charge in [0, 0.05) is 32.2 Å². The fourth-order valence-corrected chi connectivity index (χ4v) is 2.97. The highest BCUT2D eigenvalue weighted by Gasteiger charge is 2.24. The topological polar surface area (TPSA) is 42.3 Å². The molecule has 0 spiro atoms. The van der Waals surface area contributed by atoms with Gasteiger partial charge < -0.3 is 10.2 Å². The van der Waals surface area contributed by atoms with E-state index in [1.54, 1.807) is 0 Å². The van der Waals surface area contributed by atoms with Crippen LogP contribution in [-0.4, -0.2) is 61.7 Å². The van der Waals surface area contributed by atoms with E-state index in [4.69, 9.17) is 5.26 Å². The Hall–Kier alpha value is -0.630. The van der Waals surface area contributed by atoms with Crippen molar-refractivity contribution in [2.45, 2.75) is 37.8 Å². The van der Waals surface area contributed by atoms with E-state index in [2.05, 4.69) is 28.2 Å². The summed E-state index contributed by atoms with van der Waals surface area (Å²) < 4.78 is 0. The number of hydrogen-bond donors (Lipinski definition) is 1. The predicted octanol–water partition coefficient (Wildman–Crippen LogP) is 0.658. The van der Waals surface area contributed by atoms with Gasteiger partial charge in [0.15, 0.2) is 0 Å². The van der Waals surface area contributed by atoms with Crippen molar-refractivity contribution in [2.75, 3.05) is 39.8 Å². The molecule has 0 saturated carbocycles. The normalized spacial score (nSPS) is 32.2. The second-order valence-electron chi connectivity index (χ2n) is 5.30. The first-order valence-electron chi connectivity index (χ1n) is 6.86. The maximum Gasteiger partial charge on any atom is 0.110 e. The molecule has 0 radical (unpaired) electrons. The van der Waals surface area contributed by atoms with Crippen molar-refractivity contribution in [3.05, 3.63) is 0 Å². The second kappa shape index (κ2) is 6.34. The van der Waals surface area contributed by atoms with Gasteiger partial charge in [0.2, 0.25) is 0 Å². The molecule has 4 heteroatoms. The van der Waals surface area contributed by atoms with E-state index in [0.29, 0.717) is 0 Å². The second-order valence-corrected chi connectivity index (χ2v) is 5.30. The lowest BCUT2D eigenvalue weighted by molar-refractivity contribution is 0.135. The van der Waals surface area contributed by atoms with Gasteiger partial charge in [-0.3, -0.25) is 4.90 Å². The van der Waals surface area contributed by atoms with Crippen LogP contribution in [0.25, 0.3) is 0 Å². The van der Waals surface area contributed by atoms with E-state index in [1.807, 2.05) is 0 Å². The summed E-state index contributed by atoms with van der Waals surface area (Å²) in [6.07, 6.45) is 5.27. The molecule has 0 aromatic carbocycles. The first-order valence-corrected chi connectivity index (χ1v) is 6.86. The molecule has 2 aliphatic rings. The third-order valence-corrected chi connectivity index (χ3v) is 4.17. The first kappa shape index (κ1) is 12.8. The molecule has 2 aliphatic heterocycles. The third kappa shape index (κ3) is 3.41. The molecule has 2 heterocycles. The minimum absolute atomic E-state index is 0.0812. The number of piperazine rings is 1. The molecule has 2 rings (SSSR count). The van der Waals surface area contributed by atoms with E-state index in [9.17, 15) is 0 Å². The zero-order valence-electron chi connectivity index (χ0n) is 10.9. The summed E-state index contributed by atoms with van der Waals surface area (Å²) in [4.78, 5) is 4.84. The molecule has 0 aromatic rings. The van der Waals surface area contributed by atoms with Crippen molar-refractivity contribution in [1.82, 2.24) is 15.1 Å². The number of piperidine rings is 1. The van der Waals surface area contributed by atoms with Gasteiger partial charge in [-0.05, 0) is 32.9 Å². The Morgan fingerprint density at radius 3 is 3.00 bits per heavy atom. The highest BCUT2D eigenvalue weighted by molar-refractivity contribution is 4.96. The van der Waals surface area contributed by atoms with Crippen molar-refractivity contribution in [3.63, 3.8) is 0 Å². The Morgan fingerprint density at radius 2 is 2.24 bits per heavy atom. The zero-order valence-corrected chi connectivity index (χ0v) is 10.9.